The third-order valence-corrected chi connectivity index (χ3v) is 3.28. The second-order valence-electron chi connectivity index (χ2n) is 4.74. The average molecular weight is 242 g/mol. The van der Waals surface area contributed by atoms with Gasteiger partial charge in [-0.1, -0.05) is 36.6 Å². The molecule has 1 aliphatic carbocycles. The highest BCUT2D eigenvalue weighted by molar-refractivity contribution is 5.59. The Morgan fingerprint density at radius 3 is 2.94 bits per heavy atom. The van der Waals surface area contributed by atoms with Crippen molar-refractivity contribution in [2.24, 2.45) is 11.1 Å². The fourth-order valence-corrected chi connectivity index (χ4v) is 2.25. The van der Waals surface area contributed by atoms with Gasteiger partial charge in [-0.05, 0) is 36.5 Å². The van der Waals surface area contributed by atoms with Crippen molar-refractivity contribution in [1.29, 1.82) is 5.26 Å². The van der Waals surface area contributed by atoms with Crippen LogP contribution in [0.5, 0.6) is 0 Å². The van der Waals surface area contributed by atoms with Crippen molar-refractivity contribution >= 4 is 6.21 Å². The van der Waals surface area contributed by atoms with Crippen LogP contribution in [0.25, 0.3) is 0 Å². The van der Waals surface area contributed by atoms with Crippen molar-refractivity contribution in [3.05, 3.63) is 35.4 Å². The highest BCUT2D eigenvalue weighted by atomic mass is 16.6. The summed E-state index contributed by atoms with van der Waals surface area (Å²) in [5.41, 5.74) is 1.64. The fourth-order valence-electron chi connectivity index (χ4n) is 2.25. The Hall–Kier alpha value is -1.82. The first kappa shape index (κ1) is 12.6. The van der Waals surface area contributed by atoms with Gasteiger partial charge in [0.25, 0.3) is 0 Å². The van der Waals surface area contributed by atoms with E-state index in [-0.39, 0.29) is 0 Å². The lowest BCUT2D eigenvalue weighted by atomic mass is 9.90. The predicted molar refractivity (Wildman–Crippen MR) is 71.0 cm³/mol. The lowest BCUT2D eigenvalue weighted by Gasteiger charge is -2.16. The molecule has 0 atom stereocenters. The second kappa shape index (κ2) is 6.80. The molecule has 1 aromatic carbocycles. The molecule has 0 aromatic heterocycles. The van der Waals surface area contributed by atoms with Crippen molar-refractivity contribution in [3.63, 3.8) is 0 Å². The SMILES string of the molecule is N#Cc1cccc(CON=CC2CCCCC2)c1. The van der Waals surface area contributed by atoms with Gasteiger partial charge in [0.05, 0.1) is 11.6 Å². The van der Waals surface area contributed by atoms with Crippen molar-refractivity contribution < 1.29 is 4.84 Å². The molecule has 0 aliphatic heterocycles. The van der Waals surface area contributed by atoms with E-state index < -0.39 is 0 Å². The van der Waals surface area contributed by atoms with E-state index in [1.54, 1.807) is 6.07 Å². The number of hydrogen-bond donors (Lipinski definition) is 0. The number of oxime groups is 1. The third-order valence-electron chi connectivity index (χ3n) is 3.28. The lowest BCUT2D eigenvalue weighted by molar-refractivity contribution is 0.130. The molecule has 0 radical (unpaired) electrons. The summed E-state index contributed by atoms with van der Waals surface area (Å²) in [6.07, 6.45) is 8.37. The molecule has 2 rings (SSSR count). The quantitative estimate of drug-likeness (QED) is 0.597. The molecule has 0 saturated heterocycles. The van der Waals surface area contributed by atoms with Crippen LogP contribution in [0.4, 0.5) is 0 Å². The van der Waals surface area contributed by atoms with Crippen LogP contribution in [-0.2, 0) is 11.4 Å². The van der Waals surface area contributed by atoms with Crippen LogP contribution in [0, 0.1) is 17.2 Å². The first-order chi connectivity index (χ1) is 8.88. The van der Waals surface area contributed by atoms with Gasteiger partial charge in [-0.25, -0.2) is 0 Å². The van der Waals surface area contributed by atoms with Gasteiger partial charge in [0, 0.05) is 6.21 Å². The number of rotatable bonds is 4. The molecule has 0 amide bonds. The normalized spacial score (nSPS) is 16.6. The number of hydrogen-bond acceptors (Lipinski definition) is 3. The molecule has 1 aliphatic rings. The van der Waals surface area contributed by atoms with E-state index in [9.17, 15) is 0 Å². The zero-order valence-corrected chi connectivity index (χ0v) is 10.5. The smallest absolute Gasteiger partial charge is 0.142 e. The highest BCUT2D eigenvalue weighted by Gasteiger charge is 2.10. The molecule has 0 N–H and O–H groups in total. The fraction of sp³-hybridized carbons (Fsp3) is 0.467. The van der Waals surface area contributed by atoms with E-state index in [4.69, 9.17) is 10.1 Å². The Bertz CT molecular complexity index is 442. The first-order valence-electron chi connectivity index (χ1n) is 6.53. The first-order valence-corrected chi connectivity index (χ1v) is 6.53. The van der Waals surface area contributed by atoms with Gasteiger partial charge in [-0.15, -0.1) is 0 Å². The molecule has 1 fully saturated rings. The summed E-state index contributed by atoms with van der Waals surface area (Å²) in [7, 11) is 0. The van der Waals surface area contributed by atoms with Crippen LogP contribution in [0.2, 0.25) is 0 Å². The van der Waals surface area contributed by atoms with Gasteiger partial charge >= 0.3 is 0 Å². The Morgan fingerprint density at radius 1 is 1.33 bits per heavy atom. The van der Waals surface area contributed by atoms with E-state index in [0.717, 1.165) is 5.56 Å². The monoisotopic (exact) mass is 242 g/mol. The number of nitriles is 1. The van der Waals surface area contributed by atoms with E-state index in [0.29, 0.717) is 18.1 Å². The van der Waals surface area contributed by atoms with Crippen molar-refractivity contribution in [2.75, 3.05) is 0 Å². The maximum atomic E-state index is 8.78. The summed E-state index contributed by atoms with van der Waals surface area (Å²) in [5, 5.41) is 12.8. The Labute approximate surface area is 108 Å². The van der Waals surface area contributed by atoms with Crippen LogP contribution < -0.4 is 0 Å². The number of benzene rings is 1. The molecular formula is C15H18N2O. The van der Waals surface area contributed by atoms with Gasteiger partial charge in [0.1, 0.15) is 6.61 Å². The standard InChI is InChI=1S/C15H18N2O/c16-10-14-7-4-8-15(9-14)12-18-17-11-13-5-2-1-3-6-13/h4,7-9,11,13H,1-3,5-6,12H2. The van der Waals surface area contributed by atoms with E-state index >= 15 is 0 Å². The summed E-state index contributed by atoms with van der Waals surface area (Å²) in [4.78, 5) is 5.28. The molecule has 94 valence electrons. The van der Waals surface area contributed by atoms with E-state index in [1.807, 2.05) is 24.4 Å². The Kier molecular flexibility index (Phi) is 4.78. The molecule has 0 unspecified atom stereocenters. The molecule has 3 heteroatoms. The molecule has 18 heavy (non-hydrogen) atoms. The largest absolute Gasteiger partial charge is 0.391 e. The van der Waals surface area contributed by atoms with E-state index in [2.05, 4.69) is 11.2 Å². The van der Waals surface area contributed by atoms with Crippen molar-refractivity contribution in [1.82, 2.24) is 0 Å². The number of nitrogens with zero attached hydrogens (tertiary/aromatic N) is 2. The van der Waals surface area contributed by atoms with Gasteiger partial charge in [-0.3, -0.25) is 0 Å². The Balaban J connectivity index is 1.77. The molecular weight excluding hydrogens is 224 g/mol. The molecule has 1 saturated carbocycles. The highest BCUT2D eigenvalue weighted by Crippen LogP contribution is 2.21. The maximum Gasteiger partial charge on any atom is 0.142 e. The Morgan fingerprint density at radius 2 is 2.17 bits per heavy atom. The molecule has 0 spiro atoms. The minimum atomic E-state index is 0.429. The molecule has 1 aromatic rings. The van der Waals surface area contributed by atoms with Gasteiger partial charge < -0.3 is 4.84 Å². The lowest BCUT2D eigenvalue weighted by Crippen LogP contribution is -2.07. The van der Waals surface area contributed by atoms with E-state index in [1.165, 1.54) is 32.1 Å². The summed E-state index contributed by atoms with van der Waals surface area (Å²) < 4.78 is 0. The summed E-state index contributed by atoms with van der Waals surface area (Å²) in [5.74, 6) is 0.587. The minimum Gasteiger partial charge on any atom is -0.391 e. The zero-order chi connectivity index (χ0) is 12.6. The topological polar surface area (TPSA) is 45.4 Å². The van der Waals surface area contributed by atoms with Crippen molar-refractivity contribution in [3.8, 4) is 6.07 Å². The van der Waals surface area contributed by atoms with Crippen molar-refractivity contribution in [2.45, 2.75) is 38.7 Å². The second-order valence-corrected chi connectivity index (χ2v) is 4.74. The van der Waals surface area contributed by atoms with Crippen LogP contribution in [-0.4, -0.2) is 6.21 Å². The molecule has 0 heterocycles. The predicted octanol–water partition coefficient (Wildman–Crippen LogP) is 3.64. The van der Waals surface area contributed by atoms with Crippen LogP contribution in [0.1, 0.15) is 43.2 Å². The van der Waals surface area contributed by atoms with Gasteiger partial charge in [-0.2, -0.15) is 5.26 Å². The zero-order valence-electron chi connectivity index (χ0n) is 10.5. The summed E-state index contributed by atoms with van der Waals surface area (Å²) in [6.45, 7) is 0.429. The van der Waals surface area contributed by atoms with Gasteiger partial charge in [0.15, 0.2) is 0 Å². The summed E-state index contributed by atoms with van der Waals surface area (Å²) >= 11 is 0. The molecule has 0 bridgehead atoms. The van der Waals surface area contributed by atoms with Crippen LogP contribution in [0.3, 0.4) is 0 Å². The van der Waals surface area contributed by atoms with Gasteiger partial charge in [0.2, 0.25) is 0 Å². The third kappa shape index (κ3) is 3.89. The maximum absolute atomic E-state index is 8.78. The molecule has 3 nitrogen and oxygen atoms in total. The summed E-state index contributed by atoms with van der Waals surface area (Å²) in [6, 6.07) is 9.54. The minimum absolute atomic E-state index is 0.429. The average Bonchev–Trinajstić information content (AvgIpc) is 2.45. The van der Waals surface area contributed by atoms with Crippen LogP contribution >= 0.6 is 0 Å². The van der Waals surface area contributed by atoms with Crippen LogP contribution in [0.15, 0.2) is 29.4 Å².